The molecule has 1 atom stereocenters. The van der Waals surface area contributed by atoms with E-state index in [1.807, 2.05) is 44.2 Å². The van der Waals surface area contributed by atoms with Gasteiger partial charge in [-0.25, -0.2) is 0 Å². The van der Waals surface area contributed by atoms with Crippen molar-refractivity contribution in [2.75, 3.05) is 0 Å². The predicted molar refractivity (Wildman–Crippen MR) is 83.0 cm³/mol. The number of benzene rings is 2. The molecule has 0 aliphatic heterocycles. The topological polar surface area (TPSA) is 26.0 Å². The van der Waals surface area contributed by atoms with Crippen molar-refractivity contribution in [2.24, 2.45) is 5.73 Å². The monoisotopic (exact) mass is 293 g/mol. The Hall–Kier alpha value is -1.02. The molecule has 2 rings (SSSR count). The second-order valence-corrected chi connectivity index (χ2v) is 5.67. The zero-order chi connectivity index (χ0) is 14.0. The molecular formula is C16H17Cl2N. The van der Waals surface area contributed by atoms with Crippen LogP contribution in [0.3, 0.4) is 0 Å². The van der Waals surface area contributed by atoms with Gasteiger partial charge in [-0.15, -0.1) is 0 Å². The second kappa shape index (κ2) is 5.96. The van der Waals surface area contributed by atoms with Crippen LogP contribution in [0, 0.1) is 13.8 Å². The van der Waals surface area contributed by atoms with Crippen LogP contribution in [0.5, 0.6) is 0 Å². The van der Waals surface area contributed by atoms with Crippen molar-refractivity contribution >= 4 is 23.2 Å². The zero-order valence-electron chi connectivity index (χ0n) is 11.1. The van der Waals surface area contributed by atoms with Gasteiger partial charge in [0.1, 0.15) is 0 Å². The molecule has 0 aliphatic rings. The summed E-state index contributed by atoms with van der Waals surface area (Å²) in [5, 5.41) is 1.53. The van der Waals surface area contributed by atoms with Crippen molar-refractivity contribution in [1.29, 1.82) is 0 Å². The van der Waals surface area contributed by atoms with Crippen molar-refractivity contribution in [3.63, 3.8) is 0 Å². The Morgan fingerprint density at radius 2 is 1.79 bits per heavy atom. The van der Waals surface area contributed by atoms with Gasteiger partial charge in [-0.05, 0) is 54.7 Å². The SMILES string of the molecule is Cc1ccc(CC(N)c2cccc(Cl)c2C)c(Cl)c1. The van der Waals surface area contributed by atoms with E-state index in [4.69, 9.17) is 28.9 Å². The summed E-state index contributed by atoms with van der Waals surface area (Å²) in [6.07, 6.45) is 0.709. The zero-order valence-corrected chi connectivity index (χ0v) is 12.6. The maximum Gasteiger partial charge on any atom is 0.0441 e. The lowest BCUT2D eigenvalue weighted by atomic mass is 9.95. The average molecular weight is 294 g/mol. The highest BCUT2D eigenvalue weighted by Crippen LogP contribution is 2.27. The Bertz CT molecular complexity index is 593. The van der Waals surface area contributed by atoms with Crippen LogP contribution < -0.4 is 5.73 Å². The molecule has 0 saturated carbocycles. The Morgan fingerprint density at radius 3 is 2.47 bits per heavy atom. The van der Waals surface area contributed by atoms with Gasteiger partial charge in [-0.1, -0.05) is 47.5 Å². The lowest BCUT2D eigenvalue weighted by molar-refractivity contribution is 0.717. The van der Waals surface area contributed by atoms with Crippen LogP contribution in [-0.2, 0) is 6.42 Å². The van der Waals surface area contributed by atoms with E-state index in [0.717, 1.165) is 32.3 Å². The normalized spacial score (nSPS) is 12.5. The molecule has 100 valence electrons. The molecular weight excluding hydrogens is 277 g/mol. The largest absolute Gasteiger partial charge is 0.324 e. The van der Waals surface area contributed by atoms with Crippen LogP contribution in [0.25, 0.3) is 0 Å². The molecule has 0 heterocycles. The van der Waals surface area contributed by atoms with E-state index >= 15 is 0 Å². The number of halogens is 2. The number of hydrogen-bond donors (Lipinski definition) is 1. The van der Waals surface area contributed by atoms with Gasteiger partial charge in [0.15, 0.2) is 0 Å². The molecule has 2 aromatic rings. The van der Waals surface area contributed by atoms with Crippen LogP contribution >= 0.6 is 23.2 Å². The van der Waals surface area contributed by atoms with Crippen molar-refractivity contribution in [1.82, 2.24) is 0 Å². The molecule has 0 aliphatic carbocycles. The molecule has 1 nitrogen and oxygen atoms in total. The summed E-state index contributed by atoms with van der Waals surface area (Å²) in [4.78, 5) is 0. The predicted octanol–water partition coefficient (Wildman–Crippen LogP) is 4.85. The fourth-order valence-corrected chi connectivity index (χ4v) is 2.68. The summed E-state index contributed by atoms with van der Waals surface area (Å²) in [7, 11) is 0. The Morgan fingerprint density at radius 1 is 1.05 bits per heavy atom. The molecule has 2 aromatic carbocycles. The highest BCUT2D eigenvalue weighted by Gasteiger charge is 2.13. The maximum atomic E-state index is 6.29. The first-order valence-corrected chi connectivity index (χ1v) is 7.00. The third kappa shape index (κ3) is 3.30. The first-order chi connectivity index (χ1) is 8.99. The summed E-state index contributed by atoms with van der Waals surface area (Å²) in [5.41, 5.74) is 10.6. The number of nitrogens with two attached hydrogens (primary N) is 1. The first-order valence-electron chi connectivity index (χ1n) is 6.24. The van der Waals surface area contributed by atoms with Gasteiger partial charge in [0.25, 0.3) is 0 Å². The summed E-state index contributed by atoms with van der Waals surface area (Å²) < 4.78 is 0. The van der Waals surface area contributed by atoms with Gasteiger partial charge in [-0.3, -0.25) is 0 Å². The second-order valence-electron chi connectivity index (χ2n) is 4.86. The minimum Gasteiger partial charge on any atom is -0.324 e. The van der Waals surface area contributed by atoms with Gasteiger partial charge in [0.2, 0.25) is 0 Å². The van der Waals surface area contributed by atoms with Crippen molar-refractivity contribution in [3.05, 3.63) is 68.7 Å². The molecule has 0 radical (unpaired) electrons. The summed E-state index contributed by atoms with van der Waals surface area (Å²) in [6, 6.07) is 11.8. The van der Waals surface area contributed by atoms with Crippen molar-refractivity contribution < 1.29 is 0 Å². The van der Waals surface area contributed by atoms with Crippen LogP contribution in [0.2, 0.25) is 10.0 Å². The Balaban J connectivity index is 2.25. The van der Waals surface area contributed by atoms with Crippen molar-refractivity contribution in [2.45, 2.75) is 26.3 Å². The molecule has 0 amide bonds. The molecule has 0 aromatic heterocycles. The summed E-state index contributed by atoms with van der Waals surface area (Å²) >= 11 is 12.4. The maximum absolute atomic E-state index is 6.29. The highest BCUT2D eigenvalue weighted by molar-refractivity contribution is 6.31. The minimum atomic E-state index is -0.0982. The van der Waals surface area contributed by atoms with Crippen LogP contribution in [-0.4, -0.2) is 0 Å². The molecule has 2 N–H and O–H groups in total. The summed E-state index contributed by atoms with van der Waals surface area (Å²) in [5.74, 6) is 0. The number of aryl methyl sites for hydroxylation is 1. The number of hydrogen-bond acceptors (Lipinski definition) is 1. The lowest BCUT2D eigenvalue weighted by Crippen LogP contribution is -2.15. The lowest BCUT2D eigenvalue weighted by Gasteiger charge is -2.16. The van der Waals surface area contributed by atoms with Crippen LogP contribution in [0.15, 0.2) is 36.4 Å². The van der Waals surface area contributed by atoms with Gasteiger partial charge in [-0.2, -0.15) is 0 Å². The Labute approximate surface area is 124 Å². The molecule has 0 fully saturated rings. The molecule has 3 heteroatoms. The van der Waals surface area contributed by atoms with E-state index < -0.39 is 0 Å². The van der Waals surface area contributed by atoms with Gasteiger partial charge in [0, 0.05) is 16.1 Å². The van der Waals surface area contributed by atoms with E-state index in [9.17, 15) is 0 Å². The first kappa shape index (κ1) is 14.4. The van der Waals surface area contributed by atoms with Gasteiger partial charge in [0.05, 0.1) is 0 Å². The molecule has 0 saturated heterocycles. The van der Waals surface area contributed by atoms with Gasteiger partial charge < -0.3 is 5.73 Å². The number of rotatable bonds is 3. The van der Waals surface area contributed by atoms with E-state index in [1.54, 1.807) is 0 Å². The van der Waals surface area contributed by atoms with E-state index in [0.29, 0.717) is 6.42 Å². The fraction of sp³-hybridized carbons (Fsp3) is 0.250. The fourth-order valence-electron chi connectivity index (χ4n) is 2.19. The average Bonchev–Trinajstić information content (AvgIpc) is 2.36. The van der Waals surface area contributed by atoms with E-state index in [1.165, 1.54) is 0 Å². The molecule has 1 unspecified atom stereocenters. The quantitative estimate of drug-likeness (QED) is 0.860. The molecule has 19 heavy (non-hydrogen) atoms. The van der Waals surface area contributed by atoms with Gasteiger partial charge >= 0.3 is 0 Å². The van der Waals surface area contributed by atoms with E-state index in [2.05, 4.69) is 6.07 Å². The standard InChI is InChI=1S/C16H17Cl2N/c1-10-6-7-12(15(18)8-10)9-16(19)13-4-3-5-14(17)11(13)2/h3-8,16H,9,19H2,1-2H3. The van der Waals surface area contributed by atoms with E-state index in [-0.39, 0.29) is 6.04 Å². The molecule has 0 spiro atoms. The Kier molecular flexibility index (Phi) is 4.51. The highest BCUT2D eigenvalue weighted by atomic mass is 35.5. The summed E-state index contributed by atoms with van der Waals surface area (Å²) in [6.45, 7) is 4.02. The smallest absolute Gasteiger partial charge is 0.0441 e. The third-order valence-electron chi connectivity index (χ3n) is 3.36. The van der Waals surface area contributed by atoms with Crippen molar-refractivity contribution in [3.8, 4) is 0 Å². The minimum absolute atomic E-state index is 0.0982. The van der Waals surface area contributed by atoms with Crippen LogP contribution in [0.1, 0.15) is 28.3 Å². The van der Waals surface area contributed by atoms with Crippen LogP contribution in [0.4, 0.5) is 0 Å². The third-order valence-corrected chi connectivity index (χ3v) is 4.12. The molecule has 0 bridgehead atoms.